The zero-order chi connectivity index (χ0) is 16.4. The van der Waals surface area contributed by atoms with E-state index in [1.807, 2.05) is 20.8 Å². The third-order valence-corrected chi connectivity index (χ3v) is 3.90. The van der Waals surface area contributed by atoms with E-state index in [2.05, 4.69) is 15.6 Å². The number of hydrogen-bond donors (Lipinski definition) is 3. The number of aliphatic hydroxyl groups is 1. The van der Waals surface area contributed by atoms with Crippen LogP contribution >= 0.6 is 24.0 Å². The summed E-state index contributed by atoms with van der Waals surface area (Å²) >= 11 is 0. The lowest BCUT2D eigenvalue weighted by Gasteiger charge is -2.29. The highest BCUT2D eigenvalue weighted by Gasteiger charge is 2.27. The minimum Gasteiger partial charge on any atom is -0.466 e. The number of rotatable bonds is 7. The Labute approximate surface area is 156 Å². The zero-order valence-electron chi connectivity index (χ0n) is 14.5. The molecule has 0 radical (unpaired) electrons. The van der Waals surface area contributed by atoms with Crippen LogP contribution in [0.25, 0.3) is 0 Å². The van der Waals surface area contributed by atoms with Crippen LogP contribution in [-0.4, -0.2) is 49.4 Å². The Kier molecular flexibility index (Phi) is 12.5. The number of esters is 1. The van der Waals surface area contributed by atoms with Gasteiger partial charge < -0.3 is 20.5 Å². The first kappa shape index (κ1) is 22.4. The van der Waals surface area contributed by atoms with Crippen LogP contribution < -0.4 is 10.6 Å². The number of guanidine groups is 1. The summed E-state index contributed by atoms with van der Waals surface area (Å²) in [6.45, 7) is 7.85. The molecule has 3 N–H and O–H groups in total. The van der Waals surface area contributed by atoms with Crippen LogP contribution in [0.5, 0.6) is 0 Å². The number of nitrogens with zero attached hydrogens (tertiary/aromatic N) is 1. The first-order valence-corrected chi connectivity index (χ1v) is 8.42. The third kappa shape index (κ3) is 8.74. The highest BCUT2D eigenvalue weighted by Crippen LogP contribution is 2.25. The van der Waals surface area contributed by atoms with Crippen LogP contribution in [0.1, 0.15) is 46.5 Å². The fourth-order valence-electron chi connectivity index (χ4n) is 2.55. The van der Waals surface area contributed by atoms with Gasteiger partial charge in [0.15, 0.2) is 5.96 Å². The van der Waals surface area contributed by atoms with E-state index in [4.69, 9.17) is 9.84 Å². The van der Waals surface area contributed by atoms with Crippen molar-refractivity contribution in [1.82, 2.24) is 10.6 Å². The van der Waals surface area contributed by atoms with Crippen LogP contribution in [0.2, 0.25) is 0 Å². The lowest BCUT2D eigenvalue weighted by molar-refractivity contribution is -0.149. The van der Waals surface area contributed by atoms with Crippen molar-refractivity contribution < 1.29 is 14.6 Å². The molecule has 0 amide bonds. The largest absolute Gasteiger partial charge is 0.466 e. The summed E-state index contributed by atoms with van der Waals surface area (Å²) in [5.41, 5.74) is 0. The molecule has 0 heterocycles. The number of aliphatic hydroxyl groups excluding tert-OH is 1. The van der Waals surface area contributed by atoms with Gasteiger partial charge in [-0.05, 0) is 45.4 Å². The molecule has 1 atom stereocenters. The molecule has 1 rings (SSSR count). The number of carbonyl (C=O) groups excluding carboxylic acids is 1. The van der Waals surface area contributed by atoms with Crippen molar-refractivity contribution in [3.8, 4) is 0 Å². The van der Waals surface area contributed by atoms with Gasteiger partial charge in [-0.2, -0.15) is 0 Å². The van der Waals surface area contributed by atoms with E-state index in [9.17, 15) is 4.79 Å². The van der Waals surface area contributed by atoms with Crippen molar-refractivity contribution in [3.63, 3.8) is 0 Å². The van der Waals surface area contributed by atoms with Gasteiger partial charge in [0.1, 0.15) is 0 Å². The fraction of sp³-hybridized carbons (Fsp3) is 0.875. The molecule has 1 fully saturated rings. The molecule has 1 aliphatic carbocycles. The van der Waals surface area contributed by atoms with E-state index in [1.54, 1.807) is 0 Å². The standard InChI is InChI=1S/C16H31N3O3.HI/c1-4-17-16(18-10-12(3)11-20)19-14-8-6-13(7-9-14)15(21)22-5-2;/h12-14,20H,4-11H2,1-3H3,(H2,17,18,19);1H. The van der Waals surface area contributed by atoms with Gasteiger partial charge in [-0.3, -0.25) is 9.79 Å². The van der Waals surface area contributed by atoms with Gasteiger partial charge >= 0.3 is 5.97 Å². The van der Waals surface area contributed by atoms with E-state index < -0.39 is 0 Å². The fourth-order valence-corrected chi connectivity index (χ4v) is 2.55. The van der Waals surface area contributed by atoms with Crippen LogP contribution in [0.4, 0.5) is 0 Å². The molecule has 0 spiro atoms. The molecule has 136 valence electrons. The second-order valence-corrected chi connectivity index (χ2v) is 5.95. The Morgan fingerprint density at radius 2 is 1.96 bits per heavy atom. The number of hydrogen-bond acceptors (Lipinski definition) is 4. The van der Waals surface area contributed by atoms with Crippen LogP contribution in [0, 0.1) is 11.8 Å². The molecule has 0 aliphatic heterocycles. The molecule has 0 saturated heterocycles. The zero-order valence-corrected chi connectivity index (χ0v) is 16.8. The summed E-state index contributed by atoms with van der Waals surface area (Å²) in [4.78, 5) is 16.2. The maximum absolute atomic E-state index is 11.7. The monoisotopic (exact) mass is 441 g/mol. The Morgan fingerprint density at radius 1 is 1.30 bits per heavy atom. The van der Waals surface area contributed by atoms with Crippen molar-refractivity contribution in [2.45, 2.75) is 52.5 Å². The summed E-state index contributed by atoms with van der Waals surface area (Å²) in [6.07, 6.45) is 3.62. The van der Waals surface area contributed by atoms with Crippen LogP contribution in [-0.2, 0) is 9.53 Å². The molecule has 1 unspecified atom stereocenters. The second-order valence-electron chi connectivity index (χ2n) is 5.95. The predicted molar refractivity (Wildman–Crippen MR) is 103 cm³/mol. The summed E-state index contributed by atoms with van der Waals surface area (Å²) in [5.74, 6) is 0.947. The number of aliphatic imine (C=N–C) groups is 1. The molecular formula is C16H32IN3O3. The predicted octanol–water partition coefficient (Wildman–Crippen LogP) is 1.91. The van der Waals surface area contributed by atoms with Crippen LogP contribution in [0.3, 0.4) is 0 Å². The van der Waals surface area contributed by atoms with Crippen molar-refractivity contribution in [2.24, 2.45) is 16.8 Å². The van der Waals surface area contributed by atoms with Crippen molar-refractivity contribution in [3.05, 3.63) is 0 Å². The normalized spacial score (nSPS) is 22.7. The maximum atomic E-state index is 11.7. The lowest BCUT2D eigenvalue weighted by Crippen LogP contribution is -2.45. The van der Waals surface area contributed by atoms with Crippen molar-refractivity contribution in [1.29, 1.82) is 0 Å². The van der Waals surface area contributed by atoms with Gasteiger partial charge in [-0.25, -0.2) is 0 Å². The Hall–Kier alpha value is -0.570. The molecule has 23 heavy (non-hydrogen) atoms. The van der Waals surface area contributed by atoms with E-state index >= 15 is 0 Å². The van der Waals surface area contributed by atoms with Gasteiger partial charge in [0.25, 0.3) is 0 Å². The van der Waals surface area contributed by atoms with Gasteiger partial charge in [0.2, 0.25) is 0 Å². The Balaban J connectivity index is 0.00000484. The molecule has 0 aromatic heterocycles. The summed E-state index contributed by atoms with van der Waals surface area (Å²) in [7, 11) is 0. The molecular weight excluding hydrogens is 409 g/mol. The first-order chi connectivity index (χ1) is 10.6. The maximum Gasteiger partial charge on any atom is 0.308 e. The van der Waals surface area contributed by atoms with Gasteiger partial charge in [0, 0.05) is 25.7 Å². The van der Waals surface area contributed by atoms with E-state index in [1.165, 1.54) is 0 Å². The first-order valence-electron chi connectivity index (χ1n) is 8.42. The summed E-state index contributed by atoms with van der Waals surface area (Å²) in [6, 6.07) is 0.341. The van der Waals surface area contributed by atoms with Crippen molar-refractivity contribution in [2.75, 3.05) is 26.3 Å². The Morgan fingerprint density at radius 3 is 2.48 bits per heavy atom. The second kappa shape index (κ2) is 12.8. The SMILES string of the molecule is CCNC(=NCC(C)CO)NC1CCC(C(=O)OCC)CC1.I. The highest BCUT2D eigenvalue weighted by molar-refractivity contribution is 14.0. The molecule has 0 aromatic rings. The van der Waals surface area contributed by atoms with Crippen molar-refractivity contribution >= 4 is 35.9 Å². The number of ether oxygens (including phenoxy) is 1. The average Bonchev–Trinajstić information content (AvgIpc) is 2.53. The van der Waals surface area contributed by atoms with Crippen LogP contribution in [0.15, 0.2) is 4.99 Å². The number of halogens is 1. The lowest BCUT2D eigenvalue weighted by atomic mass is 9.86. The quantitative estimate of drug-likeness (QED) is 0.243. The average molecular weight is 441 g/mol. The third-order valence-electron chi connectivity index (χ3n) is 3.90. The molecule has 7 heteroatoms. The Bertz CT molecular complexity index is 358. The highest BCUT2D eigenvalue weighted by atomic mass is 127. The van der Waals surface area contributed by atoms with E-state index in [0.29, 0.717) is 19.2 Å². The summed E-state index contributed by atoms with van der Waals surface area (Å²) < 4.78 is 5.09. The van der Waals surface area contributed by atoms with E-state index in [-0.39, 0.29) is 48.4 Å². The molecule has 0 aromatic carbocycles. The van der Waals surface area contributed by atoms with E-state index in [0.717, 1.165) is 38.2 Å². The molecule has 1 aliphatic rings. The van der Waals surface area contributed by atoms with Gasteiger partial charge in [-0.1, -0.05) is 6.92 Å². The number of carbonyl (C=O) groups is 1. The topological polar surface area (TPSA) is 83.0 Å². The van der Waals surface area contributed by atoms with Gasteiger partial charge in [0.05, 0.1) is 12.5 Å². The number of nitrogens with one attached hydrogen (secondary N) is 2. The molecule has 1 saturated carbocycles. The summed E-state index contributed by atoms with van der Waals surface area (Å²) in [5, 5.41) is 15.7. The minimum atomic E-state index is -0.0571. The smallest absolute Gasteiger partial charge is 0.308 e. The molecule has 0 bridgehead atoms. The minimum absolute atomic E-state index is 0. The molecule has 6 nitrogen and oxygen atoms in total. The van der Waals surface area contributed by atoms with Gasteiger partial charge in [-0.15, -0.1) is 24.0 Å².